The first-order valence-electron chi connectivity index (χ1n) is 8.10. The van der Waals surface area contributed by atoms with Crippen LogP contribution in [0.1, 0.15) is 64.2 Å². The minimum absolute atomic E-state index is 0. The summed E-state index contributed by atoms with van der Waals surface area (Å²) in [6.07, 6.45) is 5.16. The van der Waals surface area contributed by atoms with Crippen molar-refractivity contribution in [3.05, 3.63) is 41.0 Å². The number of rotatable bonds is 2. The van der Waals surface area contributed by atoms with Crippen LogP contribution in [0.5, 0.6) is 0 Å². The van der Waals surface area contributed by atoms with Crippen molar-refractivity contribution in [2.24, 2.45) is 5.41 Å². The zero-order valence-electron chi connectivity index (χ0n) is 14.1. The van der Waals surface area contributed by atoms with Gasteiger partial charge in [-0.3, -0.25) is 0 Å². The van der Waals surface area contributed by atoms with Crippen LogP contribution < -0.4 is 0 Å². The van der Waals surface area contributed by atoms with Crippen LogP contribution in [0, 0.1) is 5.41 Å². The topological polar surface area (TPSA) is 0 Å². The van der Waals surface area contributed by atoms with Gasteiger partial charge in [0.25, 0.3) is 0 Å². The van der Waals surface area contributed by atoms with Gasteiger partial charge < -0.3 is 0 Å². The van der Waals surface area contributed by atoms with Crippen LogP contribution in [-0.2, 0) is 44.1 Å². The minimum Gasteiger partial charge on any atom is -0.168 e. The van der Waals surface area contributed by atoms with Crippen molar-refractivity contribution in [1.29, 1.82) is 0 Å². The Morgan fingerprint density at radius 3 is 2.14 bits per heavy atom. The summed E-state index contributed by atoms with van der Waals surface area (Å²) in [7, 11) is 0. The molecule has 1 heteroatoms. The Hall–Kier alpha value is -0.300. The van der Waals surface area contributed by atoms with Crippen molar-refractivity contribution >= 4 is 10.8 Å². The zero-order valence-corrected chi connectivity index (χ0v) is 17.7. The maximum absolute atomic E-state index is 2.50. The monoisotopic (exact) mass is 447 g/mol. The molecule has 0 radical (unpaired) electrons. The molecule has 0 amide bonds. The van der Waals surface area contributed by atoms with Gasteiger partial charge in [0.15, 0.2) is 0 Å². The normalized spacial score (nSPS) is 16.8. The van der Waals surface area contributed by atoms with Gasteiger partial charge in [0, 0.05) is 25.8 Å². The van der Waals surface area contributed by atoms with Crippen molar-refractivity contribution in [1.82, 2.24) is 0 Å². The third kappa shape index (κ3) is 2.83. The third-order valence-corrected chi connectivity index (χ3v) is 5.53. The Morgan fingerprint density at radius 1 is 1.05 bits per heavy atom. The first-order chi connectivity index (χ1) is 9.38. The minimum atomic E-state index is 0. The van der Waals surface area contributed by atoms with Crippen LogP contribution in [0.25, 0.3) is 10.8 Å². The van der Waals surface area contributed by atoms with E-state index in [1.807, 2.05) is 0 Å². The predicted molar refractivity (Wildman–Crippen MR) is 88.7 cm³/mol. The quantitative estimate of drug-likeness (QED) is 0.407. The molecule has 0 atom stereocenters. The summed E-state index contributed by atoms with van der Waals surface area (Å²) in [5.41, 5.74) is 5.48. The average Bonchev–Trinajstić information content (AvgIpc) is 2.95. The van der Waals surface area contributed by atoms with Crippen molar-refractivity contribution in [3.63, 3.8) is 0 Å². The Balaban J connectivity index is 0.00000161. The molecule has 0 nitrogen and oxygen atoms in total. The van der Waals surface area contributed by atoms with Gasteiger partial charge in [-0.15, -0.1) is 34.5 Å². The first kappa shape index (κ1) is 17.1. The van der Waals surface area contributed by atoms with Gasteiger partial charge in [0.2, 0.25) is 0 Å². The average molecular weight is 446 g/mol. The SMILES string of the molecule is CCC1(CC)Cc2cc3cc[c-](C(C)(C)C)c3cc2C1.[Hf]. The molecule has 0 unspecified atom stereocenters. The van der Waals surface area contributed by atoms with Crippen LogP contribution in [0.3, 0.4) is 0 Å². The van der Waals surface area contributed by atoms with E-state index in [0.29, 0.717) is 5.41 Å². The molecular weight excluding hydrogens is 419 g/mol. The van der Waals surface area contributed by atoms with Crippen molar-refractivity contribution in [2.75, 3.05) is 0 Å². The molecule has 0 saturated carbocycles. The number of hydrogen-bond donors (Lipinski definition) is 0. The molecule has 0 N–H and O–H groups in total. The third-order valence-electron chi connectivity index (χ3n) is 5.53. The molecule has 1 aliphatic rings. The Kier molecular flexibility index (Phi) is 4.65. The Morgan fingerprint density at radius 2 is 1.62 bits per heavy atom. The molecular formula is C20H27Hf-. The molecule has 2 aromatic rings. The molecule has 0 bridgehead atoms. The van der Waals surface area contributed by atoms with Gasteiger partial charge in [-0.2, -0.15) is 6.07 Å². The first-order valence-corrected chi connectivity index (χ1v) is 8.10. The summed E-state index contributed by atoms with van der Waals surface area (Å²) in [6.45, 7) is 11.7. The van der Waals surface area contributed by atoms with Crippen LogP contribution in [0.4, 0.5) is 0 Å². The van der Waals surface area contributed by atoms with Crippen molar-refractivity contribution < 1.29 is 25.8 Å². The molecule has 0 spiro atoms. The molecule has 21 heavy (non-hydrogen) atoms. The van der Waals surface area contributed by atoms with E-state index in [1.54, 1.807) is 11.1 Å². The fraction of sp³-hybridized carbons (Fsp3) is 0.550. The van der Waals surface area contributed by atoms with E-state index in [0.717, 1.165) is 0 Å². The molecule has 0 aliphatic heterocycles. The van der Waals surface area contributed by atoms with Crippen LogP contribution >= 0.6 is 0 Å². The van der Waals surface area contributed by atoms with Crippen LogP contribution in [0.15, 0.2) is 24.3 Å². The fourth-order valence-electron chi connectivity index (χ4n) is 3.95. The van der Waals surface area contributed by atoms with Gasteiger partial charge in [-0.25, -0.2) is 0 Å². The molecule has 0 heterocycles. The standard InChI is InChI=1S/C20H27.Hf/c1-6-20(7-2)12-15-10-14-8-9-18(19(3,4)5)17(14)11-16(15)13-20;/h8-11H,6-7,12-13H2,1-5H3;/q-1;. The maximum atomic E-state index is 2.50. The summed E-state index contributed by atoms with van der Waals surface area (Å²) in [4.78, 5) is 0. The second-order valence-electron chi connectivity index (χ2n) is 7.77. The molecule has 0 aromatic heterocycles. The number of fused-ring (bicyclic) bond motifs is 2. The van der Waals surface area contributed by atoms with Crippen molar-refractivity contribution in [2.45, 2.75) is 65.7 Å². The van der Waals surface area contributed by atoms with Gasteiger partial charge >= 0.3 is 0 Å². The Bertz CT molecular complexity index is 636. The second kappa shape index (κ2) is 5.72. The molecule has 2 aromatic carbocycles. The summed E-state index contributed by atoms with van der Waals surface area (Å²) in [5.74, 6) is 0. The van der Waals surface area contributed by atoms with E-state index in [2.05, 4.69) is 58.9 Å². The van der Waals surface area contributed by atoms with E-state index in [1.165, 1.54) is 42.0 Å². The summed E-state index contributed by atoms with van der Waals surface area (Å²) >= 11 is 0. The molecule has 3 rings (SSSR count). The fourth-order valence-corrected chi connectivity index (χ4v) is 3.95. The summed E-state index contributed by atoms with van der Waals surface area (Å²) < 4.78 is 0. The van der Waals surface area contributed by atoms with Gasteiger partial charge in [0.1, 0.15) is 0 Å². The molecule has 1 aliphatic carbocycles. The van der Waals surface area contributed by atoms with Crippen LogP contribution in [0.2, 0.25) is 0 Å². The summed E-state index contributed by atoms with van der Waals surface area (Å²) in [5, 5.41) is 2.93. The molecule has 0 saturated heterocycles. The largest absolute Gasteiger partial charge is 0.168 e. The second-order valence-corrected chi connectivity index (χ2v) is 7.77. The van der Waals surface area contributed by atoms with E-state index < -0.39 is 0 Å². The predicted octanol–water partition coefficient (Wildman–Crippen LogP) is 5.76. The van der Waals surface area contributed by atoms with Gasteiger partial charge in [-0.1, -0.05) is 45.7 Å². The van der Waals surface area contributed by atoms with E-state index in [-0.39, 0.29) is 31.3 Å². The zero-order chi connectivity index (χ0) is 14.5. The van der Waals surface area contributed by atoms with Gasteiger partial charge in [0.05, 0.1) is 0 Å². The molecule has 0 fully saturated rings. The van der Waals surface area contributed by atoms with E-state index in [9.17, 15) is 0 Å². The number of benzene rings is 1. The van der Waals surface area contributed by atoms with E-state index in [4.69, 9.17) is 0 Å². The smallest absolute Gasteiger partial charge is 0 e. The van der Waals surface area contributed by atoms with Gasteiger partial charge in [-0.05, 0) is 36.5 Å². The Labute approximate surface area is 148 Å². The maximum Gasteiger partial charge on any atom is 0 e. The number of hydrogen-bond acceptors (Lipinski definition) is 0. The van der Waals surface area contributed by atoms with Crippen molar-refractivity contribution in [3.8, 4) is 0 Å². The molecule has 112 valence electrons. The van der Waals surface area contributed by atoms with Crippen LogP contribution in [-0.4, -0.2) is 0 Å². The summed E-state index contributed by atoms with van der Waals surface area (Å²) in [6, 6.07) is 9.60. The van der Waals surface area contributed by atoms with E-state index >= 15 is 0 Å².